The molecule has 1 fully saturated rings. The van der Waals surface area contributed by atoms with Crippen LogP contribution < -0.4 is 19.8 Å². The second-order valence-electron chi connectivity index (χ2n) is 9.32. The molecular weight excluding hydrogens is 488 g/mol. The molecule has 0 saturated carbocycles. The highest BCUT2D eigenvalue weighted by molar-refractivity contribution is 7.92. The Morgan fingerprint density at radius 2 is 2.03 bits per heavy atom. The molecule has 1 aromatic carbocycles. The number of aromatic nitrogens is 2. The van der Waals surface area contributed by atoms with Gasteiger partial charge in [0.05, 0.1) is 18.0 Å². The van der Waals surface area contributed by atoms with Crippen LogP contribution in [0.25, 0.3) is 10.9 Å². The summed E-state index contributed by atoms with van der Waals surface area (Å²) in [4.78, 5) is 24.3. The maximum atomic E-state index is 12.1. The lowest BCUT2D eigenvalue weighted by atomic mass is 9.96. The molecule has 35 heavy (non-hydrogen) atoms. The Balaban J connectivity index is 1.54. The van der Waals surface area contributed by atoms with Gasteiger partial charge in [0.15, 0.2) is 5.82 Å². The van der Waals surface area contributed by atoms with Gasteiger partial charge in [0.25, 0.3) is 0 Å². The van der Waals surface area contributed by atoms with Gasteiger partial charge in [-0.3, -0.25) is 4.72 Å². The zero-order chi connectivity index (χ0) is 25.3. The molecule has 1 aliphatic heterocycles. The van der Waals surface area contributed by atoms with Crippen molar-refractivity contribution in [2.45, 2.75) is 44.8 Å². The molecule has 0 aliphatic carbocycles. The molecule has 3 aromatic rings. The predicted octanol–water partition coefficient (Wildman–Crippen LogP) is 4.08. The van der Waals surface area contributed by atoms with Crippen molar-refractivity contribution in [2.24, 2.45) is 0 Å². The third-order valence-electron chi connectivity index (χ3n) is 6.16. The van der Waals surface area contributed by atoms with Crippen LogP contribution in [0, 0.1) is 0 Å². The average molecular weight is 519 g/mol. The van der Waals surface area contributed by atoms with Gasteiger partial charge in [0.1, 0.15) is 17.3 Å². The van der Waals surface area contributed by atoms with Gasteiger partial charge in [0.2, 0.25) is 10.0 Å². The minimum Gasteiger partial charge on any atom is -0.380 e. The van der Waals surface area contributed by atoms with E-state index in [2.05, 4.69) is 43.7 Å². The Morgan fingerprint density at radius 1 is 1.26 bits per heavy atom. The van der Waals surface area contributed by atoms with Crippen molar-refractivity contribution in [3.8, 4) is 0 Å². The van der Waals surface area contributed by atoms with Gasteiger partial charge in [-0.2, -0.15) is 0 Å². The number of hydrogen-bond donors (Lipinski definition) is 3. The van der Waals surface area contributed by atoms with Crippen molar-refractivity contribution < 1.29 is 13.2 Å². The summed E-state index contributed by atoms with van der Waals surface area (Å²) in [6.45, 7) is 4.81. The van der Waals surface area contributed by atoms with Crippen molar-refractivity contribution in [1.29, 1.82) is 0 Å². The fourth-order valence-electron chi connectivity index (χ4n) is 4.60. The Morgan fingerprint density at radius 3 is 2.71 bits per heavy atom. The molecule has 2 atom stereocenters. The van der Waals surface area contributed by atoms with Crippen LogP contribution in [0.4, 0.5) is 23.0 Å². The van der Waals surface area contributed by atoms with Crippen LogP contribution in [0.15, 0.2) is 36.4 Å². The van der Waals surface area contributed by atoms with Crippen LogP contribution in [0.1, 0.15) is 26.7 Å². The fourth-order valence-corrected chi connectivity index (χ4v) is 5.30. The highest BCUT2D eigenvalue weighted by Gasteiger charge is 2.32. The molecular formula is C24H31ClN6O3S. The van der Waals surface area contributed by atoms with Crippen molar-refractivity contribution in [1.82, 2.24) is 9.97 Å². The Bertz CT molecular complexity index is 1330. The molecule has 1 saturated heterocycles. The normalized spacial score (nSPS) is 18.6. The molecule has 11 heteroatoms. The molecule has 3 N–H and O–H groups in total. The van der Waals surface area contributed by atoms with Crippen LogP contribution in [0.2, 0.25) is 5.15 Å². The maximum Gasteiger partial charge on any atom is 0.229 e. The lowest BCUT2D eigenvalue weighted by Gasteiger charge is -2.41. The molecule has 188 valence electrons. The molecule has 3 heterocycles. The number of sulfonamides is 1. The number of aldehydes is 1. The molecule has 4 rings (SSSR count). The maximum absolute atomic E-state index is 12.1. The van der Waals surface area contributed by atoms with Gasteiger partial charge in [-0.25, -0.2) is 13.4 Å². The van der Waals surface area contributed by atoms with Gasteiger partial charge in [0, 0.05) is 42.3 Å². The standard InChI is InChI=1S/C24H31ClN6O3S/c1-15(2)26-21-7-8-22(25)28-24(21)30(3)18-9-10-31(19(13-18)14-32)23-12-16-11-17(29-35(4,33)34)5-6-20(16)27-23/h5-8,11-12,14-15,18-19,26-27,29H,9-10,13H2,1-4H3. The van der Waals surface area contributed by atoms with E-state index in [1.807, 2.05) is 25.2 Å². The zero-order valence-corrected chi connectivity index (χ0v) is 21.8. The lowest BCUT2D eigenvalue weighted by Crippen LogP contribution is -2.50. The number of pyridine rings is 1. The van der Waals surface area contributed by atoms with E-state index in [1.165, 1.54) is 0 Å². The first-order valence-electron chi connectivity index (χ1n) is 11.5. The van der Waals surface area contributed by atoms with Crippen molar-refractivity contribution in [3.05, 3.63) is 41.6 Å². The van der Waals surface area contributed by atoms with Crippen molar-refractivity contribution in [2.75, 3.05) is 39.7 Å². The van der Waals surface area contributed by atoms with E-state index in [9.17, 15) is 13.2 Å². The quantitative estimate of drug-likeness (QED) is 0.304. The Hall–Kier alpha value is -2.98. The number of hydrogen-bond acceptors (Lipinski definition) is 7. The Kier molecular flexibility index (Phi) is 7.14. The van der Waals surface area contributed by atoms with Gasteiger partial charge < -0.3 is 24.9 Å². The number of nitrogens with zero attached hydrogens (tertiary/aromatic N) is 3. The number of fused-ring (bicyclic) bond motifs is 1. The molecule has 0 amide bonds. The number of anilines is 4. The number of aromatic amines is 1. The molecule has 0 spiro atoms. The predicted molar refractivity (Wildman–Crippen MR) is 143 cm³/mol. The largest absolute Gasteiger partial charge is 0.380 e. The van der Waals surface area contributed by atoms with E-state index in [0.29, 0.717) is 23.8 Å². The number of piperidine rings is 1. The van der Waals surface area contributed by atoms with E-state index in [1.54, 1.807) is 18.2 Å². The first-order valence-corrected chi connectivity index (χ1v) is 13.8. The number of carbonyl (C=O) groups is 1. The highest BCUT2D eigenvalue weighted by atomic mass is 35.5. The molecule has 1 aliphatic rings. The Labute approximate surface area is 210 Å². The second-order valence-corrected chi connectivity index (χ2v) is 11.5. The average Bonchev–Trinajstić information content (AvgIpc) is 3.21. The first kappa shape index (κ1) is 25.1. The van der Waals surface area contributed by atoms with Crippen LogP contribution in [-0.2, 0) is 14.8 Å². The number of carbonyl (C=O) groups excluding carboxylic acids is 1. The molecule has 2 unspecified atom stereocenters. The summed E-state index contributed by atoms with van der Waals surface area (Å²) in [7, 11) is -1.37. The van der Waals surface area contributed by atoms with Gasteiger partial charge in [-0.1, -0.05) is 11.6 Å². The number of H-pyrrole nitrogens is 1. The monoisotopic (exact) mass is 518 g/mol. The smallest absolute Gasteiger partial charge is 0.229 e. The topological polar surface area (TPSA) is 110 Å². The van der Waals surface area contributed by atoms with Crippen molar-refractivity contribution >= 4 is 61.8 Å². The van der Waals surface area contributed by atoms with Crippen LogP contribution in [-0.4, -0.2) is 62.6 Å². The van der Waals surface area contributed by atoms with Gasteiger partial charge in [-0.15, -0.1) is 0 Å². The first-order chi connectivity index (χ1) is 16.5. The number of nitrogens with one attached hydrogen (secondary N) is 3. The van der Waals surface area contributed by atoms with Gasteiger partial charge in [-0.05, 0) is 63.1 Å². The number of rotatable bonds is 8. The van der Waals surface area contributed by atoms with Crippen LogP contribution in [0.5, 0.6) is 0 Å². The van der Waals surface area contributed by atoms with E-state index < -0.39 is 10.0 Å². The molecule has 9 nitrogen and oxygen atoms in total. The summed E-state index contributed by atoms with van der Waals surface area (Å²) in [5.41, 5.74) is 2.28. The molecule has 0 radical (unpaired) electrons. The summed E-state index contributed by atoms with van der Waals surface area (Å²) in [5, 5.41) is 4.71. The third kappa shape index (κ3) is 5.82. The van der Waals surface area contributed by atoms with E-state index in [-0.39, 0.29) is 18.1 Å². The minimum atomic E-state index is -3.36. The van der Waals surface area contributed by atoms with Crippen LogP contribution in [0.3, 0.4) is 0 Å². The fraction of sp³-hybridized carbons (Fsp3) is 0.417. The SMILES string of the molecule is CC(C)Nc1ccc(Cl)nc1N(C)C1CCN(c2cc3cc(NS(C)(=O)=O)ccc3[nH]2)C(C=O)C1. The summed E-state index contributed by atoms with van der Waals surface area (Å²) < 4.78 is 25.6. The highest BCUT2D eigenvalue weighted by Crippen LogP contribution is 2.33. The summed E-state index contributed by atoms with van der Waals surface area (Å²) in [6, 6.07) is 11.0. The number of benzene rings is 1. The number of halogens is 1. The summed E-state index contributed by atoms with van der Waals surface area (Å²) >= 11 is 6.21. The zero-order valence-electron chi connectivity index (χ0n) is 20.2. The second kappa shape index (κ2) is 9.94. The van der Waals surface area contributed by atoms with E-state index >= 15 is 0 Å². The molecule has 2 aromatic heterocycles. The minimum absolute atomic E-state index is 0.107. The van der Waals surface area contributed by atoms with Crippen LogP contribution >= 0.6 is 11.6 Å². The molecule has 0 bridgehead atoms. The van der Waals surface area contributed by atoms with E-state index in [0.717, 1.165) is 47.2 Å². The summed E-state index contributed by atoms with van der Waals surface area (Å²) in [6.07, 6.45) is 3.56. The van der Waals surface area contributed by atoms with E-state index in [4.69, 9.17) is 11.6 Å². The third-order valence-corrected chi connectivity index (χ3v) is 6.98. The van der Waals surface area contributed by atoms with Crippen molar-refractivity contribution in [3.63, 3.8) is 0 Å². The lowest BCUT2D eigenvalue weighted by molar-refractivity contribution is -0.109. The summed E-state index contributed by atoms with van der Waals surface area (Å²) in [5.74, 6) is 1.60. The van der Waals surface area contributed by atoms with Gasteiger partial charge >= 0.3 is 0 Å².